The summed E-state index contributed by atoms with van der Waals surface area (Å²) < 4.78 is 0. The second kappa shape index (κ2) is 9.03. The molecule has 0 unspecified atom stereocenters. The van der Waals surface area contributed by atoms with Crippen LogP contribution in [0.3, 0.4) is 0 Å². The molecule has 3 heteroatoms. The molecule has 0 bridgehead atoms. The number of aromatic amines is 1. The summed E-state index contributed by atoms with van der Waals surface area (Å²) in [7, 11) is 0. The first-order valence-electron chi connectivity index (χ1n) is 16.8. The van der Waals surface area contributed by atoms with Crippen molar-refractivity contribution in [3.8, 4) is 12.3 Å². The van der Waals surface area contributed by atoms with E-state index in [1.165, 1.54) is 54.3 Å². The SMILES string of the molecule is C#CCNC(=O)[C@]12CC[C@@H](C(=C)C)[C@@H]1[C@H]1CC[C@@H]3[C@@]4(C)Cc5c([nH]c6ccccc56)C(C)(C)[C@@H]4CC[C@@]3(C)[C@]1(C)CC2. The predicted molar refractivity (Wildman–Crippen MR) is 173 cm³/mol. The van der Waals surface area contributed by atoms with E-state index in [9.17, 15) is 4.79 Å². The van der Waals surface area contributed by atoms with Crippen molar-refractivity contribution >= 4 is 16.8 Å². The molecular formula is C39H52N2O. The average molecular weight is 565 g/mol. The number of carbonyl (C=O) groups excluding carboxylic acids is 1. The molecule has 0 radical (unpaired) electrons. The van der Waals surface area contributed by atoms with Crippen molar-refractivity contribution < 1.29 is 4.79 Å². The summed E-state index contributed by atoms with van der Waals surface area (Å²) >= 11 is 0. The number of benzene rings is 1. The molecule has 5 aliphatic carbocycles. The number of allylic oxidation sites excluding steroid dienone is 1. The molecule has 4 fully saturated rings. The van der Waals surface area contributed by atoms with Crippen molar-refractivity contribution in [3.05, 3.63) is 47.7 Å². The van der Waals surface area contributed by atoms with Crippen LogP contribution in [0.15, 0.2) is 36.4 Å². The third-order valence-corrected chi connectivity index (χ3v) is 15.0. The van der Waals surface area contributed by atoms with Gasteiger partial charge in [0.15, 0.2) is 0 Å². The Hall–Kier alpha value is -2.47. The molecule has 3 nitrogen and oxygen atoms in total. The molecule has 2 aromatic rings. The van der Waals surface area contributed by atoms with Crippen LogP contribution in [0.1, 0.15) is 104 Å². The molecule has 42 heavy (non-hydrogen) atoms. The van der Waals surface area contributed by atoms with E-state index in [0.717, 1.165) is 25.7 Å². The molecule has 1 heterocycles. The van der Waals surface area contributed by atoms with Crippen LogP contribution in [-0.2, 0) is 16.6 Å². The van der Waals surface area contributed by atoms with E-state index in [0.29, 0.717) is 36.1 Å². The molecule has 4 saturated carbocycles. The van der Waals surface area contributed by atoms with Crippen LogP contribution in [-0.4, -0.2) is 17.4 Å². The van der Waals surface area contributed by atoms with Gasteiger partial charge < -0.3 is 10.3 Å². The summed E-state index contributed by atoms with van der Waals surface area (Å²) in [4.78, 5) is 17.8. The van der Waals surface area contributed by atoms with Crippen LogP contribution >= 0.6 is 0 Å². The predicted octanol–water partition coefficient (Wildman–Crippen LogP) is 8.59. The van der Waals surface area contributed by atoms with Gasteiger partial charge in [-0.2, -0.15) is 0 Å². The molecule has 5 aliphatic rings. The number of nitrogens with one attached hydrogen (secondary N) is 2. The number of terminal acetylenes is 1. The van der Waals surface area contributed by atoms with Crippen molar-refractivity contribution in [1.82, 2.24) is 10.3 Å². The van der Waals surface area contributed by atoms with Gasteiger partial charge in [-0.05, 0) is 122 Å². The number of rotatable bonds is 3. The number of H-pyrrole nitrogens is 1. The molecule has 1 aromatic heterocycles. The van der Waals surface area contributed by atoms with Gasteiger partial charge in [-0.15, -0.1) is 6.42 Å². The largest absolute Gasteiger partial charge is 0.358 e. The molecule has 9 atom stereocenters. The Bertz CT molecular complexity index is 1510. The van der Waals surface area contributed by atoms with E-state index in [4.69, 9.17) is 6.42 Å². The minimum absolute atomic E-state index is 0.119. The molecule has 224 valence electrons. The Morgan fingerprint density at radius 2 is 1.76 bits per heavy atom. The van der Waals surface area contributed by atoms with Crippen molar-refractivity contribution in [2.24, 2.45) is 51.2 Å². The van der Waals surface area contributed by atoms with Gasteiger partial charge >= 0.3 is 0 Å². The highest BCUT2D eigenvalue weighted by atomic mass is 16.2. The lowest BCUT2D eigenvalue weighted by molar-refractivity contribution is -0.224. The number of para-hydroxylation sites is 1. The van der Waals surface area contributed by atoms with Gasteiger partial charge in [0.2, 0.25) is 5.91 Å². The van der Waals surface area contributed by atoms with Gasteiger partial charge in [0.1, 0.15) is 0 Å². The first-order valence-corrected chi connectivity index (χ1v) is 16.8. The van der Waals surface area contributed by atoms with E-state index < -0.39 is 0 Å². The minimum Gasteiger partial charge on any atom is -0.358 e. The van der Waals surface area contributed by atoms with Gasteiger partial charge in [0, 0.05) is 22.0 Å². The maximum Gasteiger partial charge on any atom is 0.227 e. The third kappa shape index (κ3) is 3.34. The number of amides is 1. The molecule has 1 aromatic carbocycles. The van der Waals surface area contributed by atoms with Gasteiger partial charge in [0.25, 0.3) is 0 Å². The smallest absolute Gasteiger partial charge is 0.227 e. The van der Waals surface area contributed by atoms with E-state index in [-0.39, 0.29) is 33.0 Å². The minimum atomic E-state index is -0.291. The molecule has 0 spiro atoms. The first-order chi connectivity index (χ1) is 19.8. The Morgan fingerprint density at radius 3 is 2.50 bits per heavy atom. The highest BCUT2D eigenvalue weighted by Crippen LogP contribution is 2.77. The van der Waals surface area contributed by atoms with Gasteiger partial charge in [-0.1, -0.05) is 70.9 Å². The second-order valence-corrected chi connectivity index (χ2v) is 16.7. The van der Waals surface area contributed by atoms with Crippen LogP contribution in [0.25, 0.3) is 10.9 Å². The van der Waals surface area contributed by atoms with Crippen molar-refractivity contribution in [2.75, 3.05) is 6.54 Å². The summed E-state index contributed by atoms with van der Waals surface area (Å²) in [6.45, 7) is 20.1. The van der Waals surface area contributed by atoms with Crippen LogP contribution in [0, 0.1) is 63.6 Å². The highest BCUT2D eigenvalue weighted by molar-refractivity contribution is 5.86. The van der Waals surface area contributed by atoms with Gasteiger partial charge in [-0.3, -0.25) is 4.79 Å². The lowest BCUT2D eigenvalue weighted by Gasteiger charge is -2.72. The van der Waals surface area contributed by atoms with Crippen molar-refractivity contribution in [2.45, 2.75) is 105 Å². The summed E-state index contributed by atoms with van der Waals surface area (Å²) in [5.74, 6) is 5.57. The fourth-order valence-electron chi connectivity index (χ4n) is 13.1. The number of fused-ring (bicyclic) bond motifs is 10. The van der Waals surface area contributed by atoms with Gasteiger partial charge in [0.05, 0.1) is 12.0 Å². The molecule has 0 saturated heterocycles. The quantitative estimate of drug-likeness (QED) is 0.285. The maximum atomic E-state index is 13.9. The van der Waals surface area contributed by atoms with E-state index >= 15 is 0 Å². The van der Waals surface area contributed by atoms with Crippen molar-refractivity contribution in [3.63, 3.8) is 0 Å². The number of aromatic nitrogens is 1. The topological polar surface area (TPSA) is 44.9 Å². The van der Waals surface area contributed by atoms with Crippen LogP contribution in [0.2, 0.25) is 0 Å². The zero-order valence-corrected chi connectivity index (χ0v) is 27.0. The van der Waals surface area contributed by atoms with Crippen LogP contribution in [0.5, 0.6) is 0 Å². The van der Waals surface area contributed by atoms with E-state index in [2.05, 4.69) is 88.6 Å². The summed E-state index contributed by atoms with van der Waals surface area (Å²) in [5.41, 5.74) is 6.20. The molecule has 7 rings (SSSR count). The molecule has 1 amide bonds. The fourth-order valence-corrected chi connectivity index (χ4v) is 13.1. The lowest BCUT2D eigenvalue weighted by Crippen LogP contribution is -2.67. The Balaban J connectivity index is 1.31. The third-order valence-electron chi connectivity index (χ3n) is 15.0. The van der Waals surface area contributed by atoms with Crippen LogP contribution < -0.4 is 5.32 Å². The normalized spacial score (nSPS) is 43.2. The Kier molecular flexibility index (Phi) is 6.09. The number of carbonyl (C=O) groups is 1. The number of hydrogen-bond donors (Lipinski definition) is 2. The maximum absolute atomic E-state index is 13.9. The second-order valence-electron chi connectivity index (χ2n) is 16.7. The average Bonchev–Trinajstić information content (AvgIpc) is 3.52. The molecular weight excluding hydrogens is 512 g/mol. The summed E-state index contributed by atoms with van der Waals surface area (Å²) in [6.07, 6.45) is 16.1. The molecule has 2 N–H and O–H groups in total. The summed E-state index contributed by atoms with van der Waals surface area (Å²) in [5, 5.41) is 4.60. The highest BCUT2D eigenvalue weighted by Gasteiger charge is 2.71. The lowest BCUT2D eigenvalue weighted by atomic mass is 9.32. The number of hydrogen-bond acceptors (Lipinski definition) is 1. The van der Waals surface area contributed by atoms with E-state index in [1.807, 2.05) is 0 Å². The first kappa shape index (κ1) is 28.3. The zero-order valence-electron chi connectivity index (χ0n) is 27.0. The molecule has 0 aliphatic heterocycles. The zero-order chi connectivity index (χ0) is 29.9. The van der Waals surface area contributed by atoms with Crippen molar-refractivity contribution in [1.29, 1.82) is 0 Å². The standard InChI is InChI=1S/C39H52N2O/c1-9-22-40-34(42)39-19-16-25(24(2)3)32(39)28-14-15-31-36(6)23-27-26-12-10-11-13-29(26)41-33(27)35(4,5)30(36)17-18-38(31,8)37(28,7)20-21-39/h1,10-13,25,28,30-32,41H,2,14-23H2,3-8H3,(H,40,42)/t25-,28+,30-,31+,32+,36-,37+,38+,39-/m0/s1. The van der Waals surface area contributed by atoms with Gasteiger partial charge in [-0.25, -0.2) is 0 Å². The van der Waals surface area contributed by atoms with E-state index in [1.54, 1.807) is 5.56 Å². The fraction of sp³-hybridized carbons (Fsp3) is 0.667. The Labute approximate surface area is 254 Å². The van der Waals surface area contributed by atoms with Crippen LogP contribution in [0.4, 0.5) is 0 Å². The summed E-state index contributed by atoms with van der Waals surface area (Å²) in [6, 6.07) is 8.99. The Morgan fingerprint density at radius 1 is 1.00 bits per heavy atom. The monoisotopic (exact) mass is 564 g/mol.